The Labute approximate surface area is 73.6 Å². The predicted octanol–water partition coefficient (Wildman–Crippen LogP) is 1.58. The first-order valence-corrected chi connectivity index (χ1v) is 4.25. The SMILES string of the molecule is CCCOC(=O)C(C)=C(N)CC. The second-order valence-electron chi connectivity index (χ2n) is 2.64. The van der Waals surface area contributed by atoms with Crippen LogP contribution < -0.4 is 5.73 Å². The molecule has 0 aromatic carbocycles. The summed E-state index contributed by atoms with van der Waals surface area (Å²) in [5.41, 5.74) is 6.71. The summed E-state index contributed by atoms with van der Waals surface area (Å²) in [6.07, 6.45) is 1.53. The molecule has 0 amide bonds. The second-order valence-corrected chi connectivity index (χ2v) is 2.64. The highest BCUT2D eigenvalue weighted by Gasteiger charge is 2.07. The first-order chi connectivity index (χ1) is 5.63. The molecule has 0 unspecified atom stereocenters. The van der Waals surface area contributed by atoms with E-state index in [0.717, 1.165) is 6.42 Å². The third kappa shape index (κ3) is 3.42. The summed E-state index contributed by atoms with van der Waals surface area (Å²) in [7, 11) is 0. The number of carbonyl (C=O) groups excluding carboxylic acids is 1. The van der Waals surface area contributed by atoms with Crippen LogP contribution in [0.3, 0.4) is 0 Å². The highest BCUT2D eigenvalue weighted by atomic mass is 16.5. The molecule has 0 saturated heterocycles. The third-order valence-corrected chi connectivity index (χ3v) is 1.61. The lowest BCUT2D eigenvalue weighted by molar-refractivity contribution is -0.139. The van der Waals surface area contributed by atoms with Crippen LogP contribution in [-0.4, -0.2) is 12.6 Å². The van der Waals surface area contributed by atoms with Crippen molar-refractivity contribution in [3.05, 3.63) is 11.3 Å². The van der Waals surface area contributed by atoms with E-state index in [1.807, 2.05) is 13.8 Å². The second kappa shape index (κ2) is 5.63. The molecule has 3 nitrogen and oxygen atoms in total. The standard InChI is InChI=1S/C9H17NO2/c1-4-6-12-9(11)7(3)8(10)5-2/h4-6,10H2,1-3H3. The van der Waals surface area contributed by atoms with Crippen molar-refractivity contribution >= 4 is 5.97 Å². The molecular formula is C9H17NO2. The number of nitrogens with two attached hydrogens (primary N) is 1. The number of esters is 1. The molecule has 0 heterocycles. The van der Waals surface area contributed by atoms with Gasteiger partial charge in [0.15, 0.2) is 0 Å². The van der Waals surface area contributed by atoms with Gasteiger partial charge in [0, 0.05) is 5.70 Å². The van der Waals surface area contributed by atoms with E-state index >= 15 is 0 Å². The van der Waals surface area contributed by atoms with Crippen molar-refractivity contribution in [3.8, 4) is 0 Å². The molecule has 70 valence electrons. The Hall–Kier alpha value is -0.990. The van der Waals surface area contributed by atoms with Gasteiger partial charge < -0.3 is 10.5 Å². The van der Waals surface area contributed by atoms with Crippen molar-refractivity contribution < 1.29 is 9.53 Å². The van der Waals surface area contributed by atoms with Gasteiger partial charge in [-0.1, -0.05) is 13.8 Å². The van der Waals surface area contributed by atoms with Gasteiger partial charge in [0.2, 0.25) is 0 Å². The lowest BCUT2D eigenvalue weighted by atomic mass is 10.2. The topological polar surface area (TPSA) is 52.3 Å². The quantitative estimate of drug-likeness (QED) is 0.516. The van der Waals surface area contributed by atoms with Crippen molar-refractivity contribution in [1.29, 1.82) is 0 Å². The number of allylic oxidation sites excluding steroid dienone is 1. The van der Waals surface area contributed by atoms with E-state index in [-0.39, 0.29) is 5.97 Å². The molecule has 0 spiro atoms. The summed E-state index contributed by atoms with van der Waals surface area (Å²) in [5, 5.41) is 0. The molecule has 0 saturated carbocycles. The summed E-state index contributed by atoms with van der Waals surface area (Å²) < 4.78 is 4.90. The average molecular weight is 171 g/mol. The minimum atomic E-state index is -0.295. The van der Waals surface area contributed by atoms with Crippen molar-refractivity contribution in [2.75, 3.05) is 6.61 Å². The summed E-state index contributed by atoms with van der Waals surface area (Å²) in [6, 6.07) is 0. The maximum Gasteiger partial charge on any atom is 0.335 e. The van der Waals surface area contributed by atoms with Crippen molar-refractivity contribution in [1.82, 2.24) is 0 Å². The molecule has 0 aliphatic rings. The van der Waals surface area contributed by atoms with Crippen molar-refractivity contribution in [3.63, 3.8) is 0 Å². The highest BCUT2D eigenvalue weighted by Crippen LogP contribution is 2.04. The first-order valence-electron chi connectivity index (χ1n) is 4.25. The summed E-state index contributed by atoms with van der Waals surface area (Å²) >= 11 is 0. The fraction of sp³-hybridized carbons (Fsp3) is 0.667. The van der Waals surface area contributed by atoms with Gasteiger partial charge in [0.25, 0.3) is 0 Å². The molecular weight excluding hydrogens is 154 g/mol. The highest BCUT2D eigenvalue weighted by molar-refractivity contribution is 5.88. The number of ether oxygens (including phenoxy) is 1. The van der Waals surface area contributed by atoms with E-state index in [0.29, 0.717) is 24.3 Å². The lowest BCUT2D eigenvalue weighted by Gasteiger charge is -2.05. The first kappa shape index (κ1) is 11.0. The minimum absolute atomic E-state index is 0.295. The molecule has 0 bridgehead atoms. The smallest absolute Gasteiger partial charge is 0.335 e. The van der Waals surface area contributed by atoms with E-state index in [2.05, 4.69) is 0 Å². The van der Waals surface area contributed by atoms with E-state index in [1.165, 1.54) is 0 Å². The van der Waals surface area contributed by atoms with E-state index in [4.69, 9.17) is 10.5 Å². The molecule has 12 heavy (non-hydrogen) atoms. The number of hydrogen-bond acceptors (Lipinski definition) is 3. The average Bonchev–Trinajstić information content (AvgIpc) is 2.11. The van der Waals surface area contributed by atoms with Gasteiger partial charge in [-0.05, 0) is 19.8 Å². The van der Waals surface area contributed by atoms with Gasteiger partial charge in [-0.25, -0.2) is 4.79 Å². The summed E-state index contributed by atoms with van der Waals surface area (Å²) in [4.78, 5) is 11.1. The minimum Gasteiger partial charge on any atom is -0.462 e. The lowest BCUT2D eigenvalue weighted by Crippen LogP contribution is -2.12. The Morgan fingerprint density at radius 1 is 1.42 bits per heavy atom. The normalized spacial score (nSPS) is 12.2. The van der Waals surface area contributed by atoms with Gasteiger partial charge in [-0.3, -0.25) is 0 Å². The van der Waals surface area contributed by atoms with Crippen LogP contribution in [0.4, 0.5) is 0 Å². The number of carbonyl (C=O) groups is 1. The van der Waals surface area contributed by atoms with Gasteiger partial charge >= 0.3 is 5.97 Å². The number of hydrogen-bond donors (Lipinski definition) is 1. The fourth-order valence-electron chi connectivity index (χ4n) is 0.699. The van der Waals surface area contributed by atoms with Crippen LogP contribution in [-0.2, 0) is 9.53 Å². The molecule has 2 N–H and O–H groups in total. The molecule has 0 aliphatic heterocycles. The largest absolute Gasteiger partial charge is 0.462 e. The van der Waals surface area contributed by atoms with Gasteiger partial charge in [-0.15, -0.1) is 0 Å². The Morgan fingerprint density at radius 3 is 2.42 bits per heavy atom. The monoisotopic (exact) mass is 171 g/mol. The molecule has 0 rings (SSSR count). The van der Waals surface area contributed by atoms with Crippen molar-refractivity contribution in [2.24, 2.45) is 5.73 Å². The molecule has 0 atom stereocenters. The van der Waals surface area contributed by atoms with Crippen LogP contribution in [0.5, 0.6) is 0 Å². The van der Waals surface area contributed by atoms with E-state index in [1.54, 1.807) is 6.92 Å². The van der Waals surface area contributed by atoms with Gasteiger partial charge in [0.1, 0.15) is 0 Å². The predicted molar refractivity (Wildman–Crippen MR) is 48.4 cm³/mol. The Kier molecular flexibility index (Phi) is 5.17. The summed E-state index contributed by atoms with van der Waals surface area (Å²) in [6.45, 7) is 6.02. The zero-order chi connectivity index (χ0) is 9.56. The molecule has 3 heteroatoms. The van der Waals surface area contributed by atoms with Crippen LogP contribution in [0.25, 0.3) is 0 Å². The van der Waals surface area contributed by atoms with Crippen LogP contribution in [0.1, 0.15) is 33.6 Å². The fourth-order valence-corrected chi connectivity index (χ4v) is 0.699. The van der Waals surface area contributed by atoms with Gasteiger partial charge in [0.05, 0.1) is 12.2 Å². The Bertz CT molecular complexity index is 185. The van der Waals surface area contributed by atoms with Gasteiger partial charge in [-0.2, -0.15) is 0 Å². The van der Waals surface area contributed by atoms with E-state index in [9.17, 15) is 4.79 Å². The zero-order valence-corrected chi connectivity index (χ0v) is 8.02. The third-order valence-electron chi connectivity index (χ3n) is 1.61. The van der Waals surface area contributed by atoms with Crippen molar-refractivity contribution in [2.45, 2.75) is 33.6 Å². The van der Waals surface area contributed by atoms with Crippen LogP contribution in [0.2, 0.25) is 0 Å². The molecule has 0 radical (unpaired) electrons. The van der Waals surface area contributed by atoms with Crippen LogP contribution >= 0.6 is 0 Å². The molecule has 0 aromatic heterocycles. The molecule has 0 aromatic rings. The maximum absolute atomic E-state index is 11.1. The Morgan fingerprint density at radius 2 is 2.00 bits per heavy atom. The van der Waals surface area contributed by atoms with Crippen LogP contribution in [0, 0.1) is 0 Å². The molecule has 0 fully saturated rings. The van der Waals surface area contributed by atoms with Crippen LogP contribution in [0.15, 0.2) is 11.3 Å². The Balaban J connectivity index is 4.09. The maximum atomic E-state index is 11.1. The molecule has 0 aliphatic carbocycles. The van der Waals surface area contributed by atoms with E-state index < -0.39 is 0 Å². The number of rotatable bonds is 4. The summed E-state index contributed by atoms with van der Waals surface area (Å²) in [5.74, 6) is -0.295. The zero-order valence-electron chi connectivity index (χ0n) is 8.02.